The summed E-state index contributed by atoms with van der Waals surface area (Å²) in [6.07, 6.45) is 0.734. The lowest BCUT2D eigenvalue weighted by atomic mass is 10.3. The second-order valence-corrected chi connectivity index (χ2v) is 1.82. The fourth-order valence-corrected chi connectivity index (χ4v) is 0.660. The molecule has 1 atom stereocenters. The largest absolute Gasteiger partial charge is 0.444 e. The minimum Gasteiger partial charge on any atom is -0.444 e. The van der Waals surface area contributed by atoms with E-state index in [1.165, 1.54) is 0 Å². The Kier molecular flexibility index (Phi) is 1.37. The lowest BCUT2D eigenvalue weighted by Gasteiger charge is -1.99. The van der Waals surface area contributed by atoms with Crippen molar-refractivity contribution < 1.29 is 9.53 Å². The van der Waals surface area contributed by atoms with E-state index in [1.807, 2.05) is 6.92 Å². The summed E-state index contributed by atoms with van der Waals surface area (Å²) in [6.45, 7) is 2.67. The van der Waals surface area contributed by atoms with Crippen molar-refractivity contribution in [2.75, 3.05) is 6.54 Å². The molecule has 3 nitrogen and oxygen atoms in total. The summed E-state index contributed by atoms with van der Waals surface area (Å²) < 4.78 is 4.76. The number of hydrogen-bond donors (Lipinski definition) is 1. The number of ether oxygens (including phenoxy) is 1. The Morgan fingerprint density at radius 2 is 2.75 bits per heavy atom. The Morgan fingerprint density at radius 3 is 3.00 bits per heavy atom. The van der Waals surface area contributed by atoms with Gasteiger partial charge in [0.1, 0.15) is 6.10 Å². The highest BCUT2D eigenvalue weighted by Crippen LogP contribution is 2.02. The SMILES string of the molecule is CC[C@@H]1CNC(=O)O1. The van der Waals surface area contributed by atoms with Gasteiger partial charge in [-0.15, -0.1) is 0 Å². The average Bonchev–Trinajstić information content (AvgIpc) is 2.14. The predicted molar refractivity (Wildman–Crippen MR) is 28.6 cm³/mol. The molecule has 1 rings (SSSR count). The van der Waals surface area contributed by atoms with Crippen LogP contribution in [-0.4, -0.2) is 18.7 Å². The zero-order valence-electron chi connectivity index (χ0n) is 4.81. The average molecular weight is 115 g/mol. The zero-order chi connectivity index (χ0) is 5.98. The first-order chi connectivity index (χ1) is 3.83. The van der Waals surface area contributed by atoms with Gasteiger partial charge in [0, 0.05) is 0 Å². The summed E-state index contributed by atoms with van der Waals surface area (Å²) in [5.41, 5.74) is 0. The lowest BCUT2D eigenvalue weighted by molar-refractivity contribution is 0.138. The molecule has 0 unspecified atom stereocenters. The monoisotopic (exact) mass is 115 g/mol. The standard InChI is InChI=1S/C5H9NO2/c1-2-4-3-6-5(7)8-4/h4H,2-3H2,1H3,(H,6,7)/t4-/m1/s1. The molecule has 1 amide bonds. The van der Waals surface area contributed by atoms with Gasteiger partial charge >= 0.3 is 6.09 Å². The maximum Gasteiger partial charge on any atom is 0.407 e. The van der Waals surface area contributed by atoms with Crippen molar-refractivity contribution in [2.24, 2.45) is 0 Å². The van der Waals surface area contributed by atoms with Crippen molar-refractivity contribution in [1.82, 2.24) is 5.32 Å². The predicted octanol–water partition coefficient (Wildman–Crippen LogP) is 0.505. The van der Waals surface area contributed by atoms with Crippen LogP contribution < -0.4 is 5.32 Å². The Bertz CT molecular complexity index is 103. The first-order valence-corrected chi connectivity index (χ1v) is 2.77. The molecule has 1 saturated heterocycles. The Balaban J connectivity index is 2.32. The molecule has 0 radical (unpaired) electrons. The van der Waals surface area contributed by atoms with Crippen LogP contribution in [0.2, 0.25) is 0 Å². The van der Waals surface area contributed by atoms with Gasteiger partial charge in [0.2, 0.25) is 0 Å². The van der Waals surface area contributed by atoms with E-state index in [0.29, 0.717) is 6.54 Å². The Hall–Kier alpha value is -0.730. The molecule has 1 heterocycles. The van der Waals surface area contributed by atoms with E-state index in [2.05, 4.69) is 5.32 Å². The highest BCUT2D eigenvalue weighted by atomic mass is 16.6. The van der Waals surface area contributed by atoms with E-state index in [-0.39, 0.29) is 12.2 Å². The van der Waals surface area contributed by atoms with Gasteiger partial charge in [0.25, 0.3) is 0 Å². The topological polar surface area (TPSA) is 38.3 Å². The van der Waals surface area contributed by atoms with Crippen molar-refractivity contribution in [2.45, 2.75) is 19.4 Å². The highest BCUT2D eigenvalue weighted by molar-refractivity contribution is 5.69. The summed E-state index contributed by atoms with van der Waals surface area (Å²) >= 11 is 0. The van der Waals surface area contributed by atoms with E-state index in [9.17, 15) is 4.79 Å². The highest BCUT2D eigenvalue weighted by Gasteiger charge is 2.19. The summed E-state index contributed by atoms with van der Waals surface area (Å²) in [5.74, 6) is 0. The van der Waals surface area contributed by atoms with Gasteiger partial charge in [-0.3, -0.25) is 0 Å². The normalized spacial score (nSPS) is 27.1. The Labute approximate surface area is 48.0 Å². The molecule has 46 valence electrons. The van der Waals surface area contributed by atoms with Crippen molar-refractivity contribution in [3.05, 3.63) is 0 Å². The van der Waals surface area contributed by atoms with Crippen LogP contribution in [0, 0.1) is 0 Å². The molecule has 0 aromatic heterocycles. The molecule has 8 heavy (non-hydrogen) atoms. The molecule has 0 saturated carbocycles. The van der Waals surface area contributed by atoms with Crippen LogP contribution in [-0.2, 0) is 4.74 Å². The van der Waals surface area contributed by atoms with Gasteiger partial charge in [-0.25, -0.2) is 4.79 Å². The van der Waals surface area contributed by atoms with Crippen LogP contribution in [0.4, 0.5) is 4.79 Å². The fourth-order valence-electron chi connectivity index (χ4n) is 0.660. The maximum absolute atomic E-state index is 10.3. The first kappa shape index (κ1) is 5.41. The van der Waals surface area contributed by atoms with Gasteiger partial charge in [-0.05, 0) is 6.42 Å². The molecule has 0 spiro atoms. The molecule has 1 aliphatic rings. The molecule has 0 aromatic carbocycles. The van der Waals surface area contributed by atoms with Crippen molar-refractivity contribution >= 4 is 6.09 Å². The number of amides is 1. The van der Waals surface area contributed by atoms with Crippen molar-refractivity contribution in [1.29, 1.82) is 0 Å². The van der Waals surface area contributed by atoms with E-state index < -0.39 is 0 Å². The number of nitrogens with one attached hydrogen (secondary N) is 1. The second kappa shape index (κ2) is 2.03. The Morgan fingerprint density at radius 1 is 2.00 bits per heavy atom. The van der Waals surface area contributed by atoms with Crippen LogP contribution in [0.5, 0.6) is 0 Å². The quantitative estimate of drug-likeness (QED) is 0.540. The van der Waals surface area contributed by atoms with E-state index >= 15 is 0 Å². The summed E-state index contributed by atoms with van der Waals surface area (Å²) in [5, 5.41) is 2.56. The molecular formula is C5H9NO2. The number of hydrogen-bond acceptors (Lipinski definition) is 2. The van der Waals surface area contributed by atoms with Crippen LogP contribution in [0.25, 0.3) is 0 Å². The molecule has 1 aliphatic heterocycles. The molecule has 3 heteroatoms. The van der Waals surface area contributed by atoms with Crippen molar-refractivity contribution in [3.8, 4) is 0 Å². The maximum atomic E-state index is 10.3. The molecular weight excluding hydrogens is 106 g/mol. The summed E-state index contributed by atoms with van der Waals surface area (Å²) in [4.78, 5) is 10.3. The third-order valence-corrected chi connectivity index (χ3v) is 1.20. The van der Waals surface area contributed by atoms with E-state index in [0.717, 1.165) is 6.42 Å². The smallest absolute Gasteiger partial charge is 0.407 e. The fraction of sp³-hybridized carbons (Fsp3) is 0.800. The van der Waals surface area contributed by atoms with Crippen LogP contribution >= 0.6 is 0 Å². The molecule has 0 aliphatic carbocycles. The number of alkyl carbamates (subject to hydrolysis) is 1. The number of carbonyl (C=O) groups is 1. The number of rotatable bonds is 1. The third kappa shape index (κ3) is 0.911. The minimum absolute atomic E-state index is 0.113. The molecule has 1 fully saturated rings. The van der Waals surface area contributed by atoms with E-state index in [1.54, 1.807) is 0 Å². The number of carbonyl (C=O) groups excluding carboxylic acids is 1. The van der Waals surface area contributed by atoms with Gasteiger partial charge in [-0.2, -0.15) is 0 Å². The molecule has 0 bridgehead atoms. The van der Waals surface area contributed by atoms with Gasteiger partial charge in [0.15, 0.2) is 0 Å². The van der Waals surface area contributed by atoms with Crippen LogP contribution in [0.3, 0.4) is 0 Å². The molecule has 0 aromatic rings. The second-order valence-electron chi connectivity index (χ2n) is 1.82. The third-order valence-electron chi connectivity index (χ3n) is 1.20. The summed E-state index contributed by atoms with van der Waals surface area (Å²) in [7, 11) is 0. The first-order valence-electron chi connectivity index (χ1n) is 2.77. The molecule has 1 N–H and O–H groups in total. The number of cyclic esters (lactones) is 1. The van der Waals surface area contributed by atoms with Gasteiger partial charge in [0.05, 0.1) is 6.54 Å². The van der Waals surface area contributed by atoms with Gasteiger partial charge < -0.3 is 10.1 Å². The summed E-state index contributed by atoms with van der Waals surface area (Å²) in [6, 6.07) is 0. The van der Waals surface area contributed by atoms with Gasteiger partial charge in [-0.1, -0.05) is 6.92 Å². The van der Waals surface area contributed by atoms with Crippen LogP contribution in [0.1, 0.15) is 13.3 Å². The minimum atomic E-state index is -0.281. The van der Waals surface area contributed by atoms with Crippen molar-refractivity contribution in [3.63, 3.8) is 0 Å². The zero-order valence-corrected chi connectivity index (χ0v) is 4.81. The van der Waals surface area contributed by atoms with Crippen LogP contribution in [0.15, 0.2) is 0 Å². The van der Waals surface area contributed by atoms with E-state index in [4.69, 9.17) is 4.74 Å². The lowest BCUT2D eigenvalue weighted by Crippen LogP contribution is -2.13.